The van der Waals surface area contributed by atoms with Crippen molar-refractivity contribution in [1.29, 1.82) is 5.26 Å². The lowest BCUT2D eigenvalue weighted by molar-refractivity contribution is -0.384. The van der Waals surface area contributed by atoms with E-state index in [1.54, 1.807) is 6.07 Å². The molecule has 0 saturated heterocycles. The second-order valence-electron chi connectivity index (χ2n) is 4.11. The Morgan fingerprint density at radius 1 is 1.33 bits per heavy atom. The summed E-state index contributed by atoms with van der Waals surface area (Å²) in [7, 11) is 0. The highest BCUT2D eigenvalue weighted by Crippen LogP contribution is 2.27. The van der Waals surface area contributed by atoms with Crippen molar-refractivity contribution in [2.75, 3.05) is 0 Å². The van der Waals surface area contributed by atoms with Crippen molar-refractivity contribution in [3.63, 3.8) is 0 Å². The maximum atomic E-state index is 13.7. The first-order valence-corrected chi connectivity index (χ1v) is 6.21. The molecule has 0 spiro atoms. The van der Waals surface area contributed by atoms with E-state index in [4.69, 9.17) is 11.6 Å². The molecule has 0 aromatic heterocycles. The average Bonchev–Trinajstić information content (AvgIpc) is 2.47. The van der Waals surface area contributed by atoms with Crippen molar-refractivity contribution in [1.82, 2.24) is 0 Å². The smallest absolute Gasteiger partial charge is 0.258 e. The number of nitriles is 1. The summed E-state index contributed by atoms with van der Waals surface area (Å²) in [6, 6.07) is 11.5. The van der Waals surface area contributed by atoms with Gasteiger partial charge in [-0.3, -0.25) is 10.1 Å². The fourth-order valence-electron chi connectivity index (χ4n) is 1.76. The fraction of sp³-hybridized carbons (Fsp3) is 0. The minimum absolute atomic E-state index is 0.0375. The SMILES string of the molecule is N#C/C(=C/c1cc([N+](=O)[O-])ccc1Cl)c1ccccc1F. The summed E-state index contributed by atoms with van der Waals surface area (Å²) in [4.78, 5) is 10.2. The van der Waals surface area contributed by atoms with E-state index in [0.717, 1.165) is 0 Å². The van der Waals surface area contributed by atoms with Crippen molar-refractivity contribution in [3.8, 4) is 6.07 Å². The van der Waals surface area contributed by atoms with Crippen LogP contribution in [0, 0.1) is 27.3 Å². The number of rotatable bonds is 3. The van der Waals surface area contributed by atoms with Crippen LogP contribution in [0.5, 0.6) is 0 Å². The highest BCUT2D eigenvalue weighted by atomic mass is 35.5. The quantitative estimate of drug-likeness (QED) is 0.364. The summed E-state index contributed by atoms with van der Waals surface area (Å²) in [5.74, 6) is -0.549. The summed E-state index contributed by atoms with van der Waals surface area (Å²) in [6.07, 6.45) is 1.33. The number of hydrogen-bond acceptors (Lipinski definition) is 3. The van der Waals surface area contributed by atoms with Gasteiger partial charge in [0, 0.05) is 28.3 Å². The molecule has 0 aliphatic rings. The summed E-state index contributed by atoms with van der Waals surface area (Å²) >= 11 is 5.96. The predicted molar refractivity (Wildman–Crippen MR) is 78.0 cm³/mol. The number of benzene rings is 2. The molecule has 2 rings (SSSR count). The molecule has 0 N–H and O–H groups in total. The van der Waals surface area contributed by atoms with Gasteiger partial charge in [-0.1, -0.05) is 29.8 Å². The Labute approximate surface area is 124 Å². The van der Waals surface area contributed by atoms with Crippen LogP contribution < -0.4 is 0 Å². The molecule has 104 valence electrons. The number of non-ortho nitro benzene ring substituents is 1. The third kappa shape index (κ3) is 3.25. The summed E-state index contributed by atoms with van der Waals surface area (Å²) < 4.78 is 13.7. The van der Waals surface area contributed by atoms with Crippen LogP contribution in [0.1, 0.15) is 11.1 Å². The number of halogens is 2. The van der Waals surface area contributed by atoms with Crippen molar-refractivity contribution in [3.05, 3.63) is 74.5 Å². The van der Waals surface area contributed by atoms with Crippen LogP contribution in [0.2, 0.25) is 5.02 Å². The maximum Gasteiger partial charge on any atom is 0.270 e. The zero-order chi connectivity index (χ0) is 15.4. The van der Waals surface area contributed by atoms with Crippen LogP contribution in [-0.4, -0.2) is 4.92 Å². The lowest BCUT2D eigenvalue weighted by Gasteiger charge is -2.03. The Kier molecular flexibility index (Phi) is 4.31. The van der Waals surface area contributed by atoms with Gasteiger partial charge < -0.3 is 0 Å². The van der Waals surface area contributed by atoms with Gasteiger partial charge in [0.05, 0.1) is 16.6 Å². The lowest BCUT2D eigenvalue weighted by Crippen LogP contribution is -1.90. The monoisotopic (exact) mass is 302 g/mol. The number of nitrogens with zero attached hydrogens (tertiary/aromatic N) is 2. The third-order valence-corrected chi connectivity index (χ3v) is 3.12. The van der Waals surface area contributed by atoms with Crippen molar-refractivity contribution < 1.29 is 9.31 Å². The molecule has 0 aliphatic carbocycles. The van der Waals surface area contributed by atoms with Crippen LogP contribution in [0.3, 0.4) is 0 Å². The van der Waals surface area contributed by atoms with Gasteiger partial charge in [0.2, 0.25) is 0 Å². The van der Waals surface area contributed by atoms with E-state index in [0.29, 0.717) is 0 Å². The van der Waals surface area contributed by atoms with E-state index >= 15 is 0 Å². The number of allylic oxidation sites excluding steroid dienone is 1. The zero-order valence-electron chi connectivity index (χ0n) is 10.6. The van der Waals surface area contributed by atoms with Gasteiger partial charge in [-0.05, 0) is 18.2 Å². The number of hydrogen-bond donors (Lipinski definition) is 0. The Morgan fingerprint density at radius 3 is 2.67 bits per heavy atom. The molecule has 0 heterocycles. The van der Waals surface area contributed by atoms with Gasteiger partial charge in [0.1, 0.15) is 5.82 Å². The molecule has 0 atom stereocenters. The molecule has 4 nitrogen and oxygen atoms in total. The molecular formula is C15H8ClFN2O2. The Morgan fingerprint density at radius 2 is 2.05 bits per heavy atom. The molecule has 6 heteroatoms. The van der Waals surface area contributed by atoms with Gasteiger partial charge in [-0.2, -0.15) is 5.26 Å². The van der Waals surface area contributed by atoms with Crippen LogP contribution >= 0.6 is 11.6 Å². The minimum atomic E-state index is -0.567. The summed E-state index contributed by atoms with van der Waals surface area (Å²) in [6.45, 7) is 0. The second-order valence-corrected chi connectivity index (χ2v) is 4.52. The van der Waals surface area contributed by atoms with Crippen molar-refractivity contribution >= 4 is 28.9 Å². The van der Waals surface area contributed by atoms with Crippen LogP contribution in [0.25, 0.3) is 11.6 Å². The second kappa shape index (κ2) is 6.16. The first-order chi connectivity index (χ1) is 10.0. The summed E-state index contributed by atoms with van der Waals surface area (Å²) in [5.41, 5.74) is 0.278. The van der Waals surface area contributed by atoms with E-state index in [1.807, 2.05) is 6.07 Å². The Balaban J connectivity index is 2.56. The highest BCUT2D eigenvalue weighted by molar-refractivity contribution is 6.32. The molecule has 21 heavy (non-hydrogen) atoms. The molecule has 0 saturated carbocycles. The Bertz CT molecular complexity index is 781. The largest absolute Gasteiger partial charge is 0.270 e. The van der Waals surface area contributed by atoms with E-state index in [9.17, 15) is 19.8 Å². The van der Waals surface area contributed by atoms with Crippen LogP contribution in [0.4, 0.5) is 10.1 Å². The van der Waals surface area contributed by atoms with E-state index in [-0.39, 0.29) is 27.4 Å². The topological polar surface area (TPSA) is 66.9 Å². The fourth-order valence-corrected chi connectivity index (χ4v) is 1.93. The van der Waals surface area contributed by atoms with E-state index < -0.39 is 10.7 Å². The van der Waals surface area contributed by atoms with Crippen LogP contribution in [0.15, 0.2) is 42.5 Å². The summed E-state index contributed by atoms with van der Waals surface area (Å²) in [5, 5.41) is 20.2. The molecule has 0 unspecified atom stereocenters. The van der Waals surface area contributed by atoms with E-state index in [2.05, 4.69) is 0 Å². The highest BCUT2D eigenvalue weighted by Gasteiger charge is 2.11. The van der Waals surface area contributed by atoms with Gasteiger partial charge in [0.15, 0.2) is 0 Å². The van der Waals surface area contributed by atoms with Gasteiger partial charge >= 0.3 is 0 Å². The van der Waals surface area contributed by atoms with Crippen LogP contribution in [-0.2, 0) is 0 Å². The molecule has 0 aliphatic heterocycles. The Hall–Kier alpha value is -2.71. The van der Waals surface area contributed by atoms with Crippen molar-refractivity contribution in [2.45, 2.75) is 0 Å². The first kappa shape index (κ1) is 14.7. The molecule has 0 bridgehead atoms. The zero-order valence-corrected chi connectivity index (χ0v) is 11.3. The number of nitro groups is 1. The van der Waals surface area contributed by atoms with E-state index in [1.165, 1.54) is 42.5 Å². The molecule has 2 aromatic carbocycles. The van der Waals surface area contributed by atoms with Gasteiger partial charge in [0.25, 0.3) is 5.69 Å². The lowest BCUT2D eigenvalue weighted by atomic mass is 10.0. The molecule has 2 aromatic rings. The third-order valence-electron chi connectivity index (χ3n) is 2.77. The van der Waals surface area contributed by atoms with Crippen molar-refractivity contribution in [2.24, 2.45) is 0 Å². The molecule has 0 fully saturated rings. The molecule has 0 radical (unpaired) electrons. The normalized spacial score (nSPS) is 11.0. The minimum Gasteiger partial charge on any atom is -0.258 e. The maximum absolute atomic E-state index is 13.7. The predicted octanol–water partition coefficient (Wildman–Crippen LogP) is 4.45. The first-order valence-electron chi connectivity index (χ1n) is 5.83. The number of nitro benzene ring substituents is 1. The van der Waals surface area contributed by atoms with Gasteiger partial charge in [-0.15, -0.1) is 0 Å². The standard InChI is InChI=1S/C15H8ClFN2O2/c16-14-6-5-12(19(20)21)8-10(14)7-11(9-18)13-3-1-2-4-15(13)17/h1-8H/b11-7-. The molecular weight excluding hydrogens is 295 g/mol. The van der Waals surface area contributed by atoms with Gasteiger partial charge in [-0.25, -0.2) is 4.39 Å². The average molecular weight is 303 g/mol. The molecule has 0 amide bonds.